The van der Waals surface area contributed by atoms with Crippen molar-refractivity contribution in [1.82, 2.24) is 0 Å². The summed E-state index contributed by atoms with van der Waals surface area (Å²) >= 11 is 7.87. The lowest BCUT2D eigenvalue weighted by Crippen LogP contribution is -2.46. The number of hydrogen-bond donors (Lipinski definition) is 1. The van der Waals surface area contributed by atoms with Crippen molar-refractivity contribution in [3.8, 4) is 0 Å². The number of para-hydroxylation sites is 1. The van der Waals surface area contributed by atoms with Gasteiger partial charge in [-0.25, -0.2) is 4.79 Å². The second-order valence-corrected chi connectivity index (χ2v) is 10.9. The molecule has 2 aromatic carbocycles. The Labute approximate surface area is 241 Å². The highest BCUT2D eigenvalue weighted by molar-refractivity contribution is 7.10. The average molecular weight is 577 g/mol. The van der Waals surface area contributed by atoms with Gasteiger partial charge in [-0.3, -0.25) is 14.5 Å². The number of esters is 2. The minimum atomic E-state index is -1.08. The van der Waals surface area contributed by atoms with E-state index >= 15 is 0 Å². The Balaban J connectivity index is 1.81. The topological polar surface area (TPSA) is 98.9 Å². The predicted molar refractivity (Wildman–Crippen MR) is 155 cm³/mol. The summed E-state index contributed by atoms with van der Waals surface area (Å²) in [5, 5.41) is 2.36. The van der Waals surface area contributed by atoms with Gasteiger partial charge in [-0.05, 0) is 61.5 Å². The fraction of sp³-hybridized carbons (Fsp3) is 0.258. The molecule has 2 aliphatic rings. The van der Waals surface area contributed by atoms with Gasteiger partial charge in [0.1, 0.15) is 11.7 Å². The van der Waals surface area contributed by atoms with E-state index < -0.39 is 35.5 Å². The molecule has 1 aliphatic heterocycles. The van der Waals surface area contributed by atoms with Gasteiger partial charge in [0.05, 0.1) is 24.7 Å². The highest BCUT2D eigenvalue weighted by Crippen LogP contribution is 2.52. The maximum atomic E-state index is 14.6. The van der Waals surface area contributed by atoms with Gasteiger partial charge in [0, 0.05) is 32.8 Å². The van der Waals surface area contributed by atoms with Gasteiger partial charge >= 0.3 is 11.9 Å². The van der Waals surface area contributed by atoms with Crippen molar-refractivity contribution in [1.29, 1.82) is 0 Å². The maximum Gasteiger partial charge on any atom is 0.338 e. The maximum absolute atomic E-state index is 14.6. The number of benzene rings is 2. The van der Waals surface area contributed by atoms with Gasteiger partial charge in [-0.2, -0.15) is 0 Å². The lowest BCUT2D eigenvalue weighted by atomic mass is 9.68. The molecule has 1 aromatic heterocycles. The van der Waals surface area contributed by atoms with E-state index in [-0.39, 0.29) is 24.6 Å². The molecule has 2 N–H and O–H groups in total. The van der Waals surface area contributed by atoms with Crippen molar-refractivity contribution in [2.75, 3.05) is 18.1 Å². The van der Waals surface area contributed by atoms with E-state index in [1.54, 1.807) is 43.0 Å². The van der Waals surface area contributed by atoms with Crippen molar-refractivity contribution in [2.24, 2.45) is 11.7 Å². The number of thiophene rings is 1. The first-order valence-corrected chi connectivity index (χ1v) is 14.4. The molecule has 0 spiro atoms. The fourth-order valence-corrected chi connectivity index (χ4v) is 6.66. The van der Waals surface area contributed by atoms with Crippen LogP contribution in [0.1, 0.15) is 42.5 Å². The number of rotatable bonds is 7. The van der Waals surface area contributed by atoms with Gasteiger partial charge < -0.3 is 15.2 Å². The van der Waals surface area contributed by atoms with E-state index in [0.29, 0.717) is 34.0 Å². The SMILES string of the molecule is CCOC(=O)C1=C(N)N(c2ccccc2)C2=C(C(=O)[C@H](C(=O)OCC)[C@H](c3cccs3)C2)[C@@H]1c1cccc(Cl)c1. The number of carbonyl (C=O) groups excluding carboxylic acids is 3. The van der Waals surface area contributed by atoms with Gasteiger partial charge in [0.15, 0.2) is 5.78 Å². The van der Waals surface area contributed by atoms with Crippen LogP contribution in [0.25, 0.3) is 0 Å². The summed E-state index contributed by atoms with van der Waals surface area (Å²) in [4.78, 5) is 44.2. The monoisotopic (exact) mass is 576 g/mol. The zero-order valence-electron chi connectivity index (χ0n) is 22.1. The second kappa shape index (κ2) is 11.7. The van der Waals surface area contributed by atoms with Crippen molar-refractivity contribution < 1.29 is 23.9 Å². The molecular formula is C31H29ClN2O5S. The third-order valence-electron chi connectivity index (χ3n) is 7.18. The fourth-order valence-electron chi connectivity index (χ4n) is 5.60. The molecule has 1 aliphatic carbocycles. The summed E-state index contributed by atoms with van der Waals surface area (Å²) in [6, 6.07) is 20.1. The third kappa shape index (κ3) is 4.93. The number of halogens is 1. The molecule has 0 radical (unpaired) electrons. The standard InChI is InChI=1S/C31H29ClN2O5S/c1-3-38-30(36)25-21(23-14-9-15-40-23)17-22-26(28(25)35)24(18-10-8-11-19(32)16-18)27(31(37)39-4-2)29(33)34(22)20-12-6-5-7-13-20/h5-16,21,24-25H,3-4,17,33H2,1-2H3/t21-,24-,25+/m0/s1. The van der Waals surface area contributed by atoms with Crippen LogP contribution in [0.4, 0.5) is 5.69 Å². The molecule has 0 fully saturated rings. The Morgan fingerprint density at radius 1 is 1.02 bits per heavy atom. The predicted octanol–water partition coefficient (Wildman–Crippen LogP) is 5.93. The highest BCUT2D eigenvalue weighted by atomic mass is 35.5. The van der Waals surface area contributed by atoms with E-state index in [1.165, 1.54) is 11.3 Å². The number of Topliss-reactive ketones (excluding diaryl/α,β-unsaturated/α-hetero) is 1. The molecule has 3 atom stereocenters. The molecule has 0 amide bonds. The van der Waals surface area contributed by atoms with E-state index in [4.69, 9.17) is 26.8 Å². The highest BCUT2D eigenvalue weighted by Gasteiger charge is 2.51. The lowest BCUT2D eigenvalue weighted by molar-refractivity contribution is -0.152. The Hall–Kier alpha value is -3.88. The molecular weight excluding hydrogens is 548 g/mol. The van der Waals surface area contributed by atoms with E-state index in [1.807, 2.05) is 47.8 Å². The van der Waals surface area contributed by atoms with Gasteiger partial charge in [0.2, 0.25) is 0 Å². The number of ketones is 1. The number of hydrogen-bond acceptors (Lipinski definition) is 8. The third-order valence-corrected chi connectivity index (χ3v) is 8.42. The van der Waals surface area contributed by atoms with Crippen LogP contribution < -0.4 is 10.6 Å². The molecule has 2 heterocycles. The van der Waals surface area contributed by atoms with Crippen LogP contribution in [0.15, 0.2) is 94.8 Å². The molecule has 0 bridgehead atoms. The van der Waals surface area contributed by atoms with Gasteiger partial charge in [-0.1, -0.05) is 48.0 Å². The van der Waals surface area contributed by atoms with Gasteiger partial charge in [0.25, 0.3) is 0 Å². The summed E-state index contributed by atoms with van der Waals surface area (Å²) in [7, 11) is 0. The quantitative estimate of drug-likeness (QED) is 0.275. The molecule has 3 aromatic rings. The smallest absolute Gasteiger partial charge is 0.338 e. The largest absolute Gasteiger partial charge is 0.465 e. The normalized spacial score (nSPS) is 20.8. The summed E-state index contributed by atoms with van der Waals surface area (Å²) in [6.07, 6.45) is 0.327. The molecule has 0 saturated carbocycles. The van der Waals surface area contributed by atoms with Crippen molar-refractivity contribution in [3.63, 3.8) is 0 Å². The van der Waals surface area contributed by atoms with Crippen LogP contribution in [0.3, 0.4) is 0 Å². The van der Waals surface area contributed by atoms with Crippen LogP contribution in [0, 0.1) is 5.92 Å². The molecule has 9 heteroatoms. The van der Waals surface area contributed by atoms with Crippen LogP contribution in [-0.4, -0.2) is 30.9 Å². The average Bonchev–Trinajstić information content (AvgIpc) is 3.48. The zero-order valence-corrected chi connectivity index (χ0v) is 23.7. The molecule has 0 unspecified atom stereocenters. The second-order valence-electron chi connectivity index (χ2n) is 9.46. The molecule has 5 rings (SSSR count). The summed E-state index contributed by atoms with van der Waals surface area (Å²) in [6.45, 7) is 3.68. The van der Waals surface area contributed by atoms with Gasteiger partial charge in [-0.15, -0.1) is 11.3 Å². The first-order valence-electron chi connectivity index (χ1n) is 13.1. The van der Waals surface area contributed by atoms with Crippen LogP contribution in [0.2, 0.25) is 5.02 Å². The minimum Gasteiger partial charge on any atom is -0.465 e. The number of nitrogens with two attached hydrogens (primary N) is 1. The first-order chi connectivity index (χ1) is 19.4. The van der Waals surface area contributed by atoms with Crippen molar-refractivity contribution in [2.45, 2.75) is 32.1 Å². The Bertz CT molecular complexity index is 1500. The number of allylic oxidation sites excluding steroid dienone is 2. The van der Waals surface area contributed by atoms with Crippen LogP contribution in [-0.2, 0) is 23.9 Å². The van der Waals surface area contributed by atoms with E-state index in [2.05, 4.69) is 0 Å². The van der Waals surface area contributed by atoms with Crippen LogP contribution >= 0.6 is 22.9 Å². The number of carbonyl (C=O) groups is 3. The van der Waals surface area contributed by atoms with Crippen molar-refractivity contribution >= 4 is 46.3 Å². The van der Waals surface area contributed by atoms with Crippen molar-refractivity contribution in [3.05, 3.63) is 110 Å². The Kier molecular flexibility index (Phi) is 8.09. The van der Waals surface area contributed by atoms with E-state index in [0.717, 1.165) is 4.88 Å². The first kappa shape index (κ1) is 27.7. The van der Waals surface area contributed by atoms with Crippen LogP contribution in [0.5, 0.6) is 0 Å². The summed E-state index contributed by atoms with van der Waals surface area (Å²) in [5.74, 6) is -3.90. The lowest BCUT2D eigenvalue weighted by Gasteiger charge is -2.43. The number of ether oxygens (including phenoxy) is 2. The molecule has 0 saturated heterocycles. The number of anilines is 1. The minimum absolute atomic E-state index is 0.120. The summed E-state index contributed by atoms with van der Waals surface area (Å²) < 4.78 is 10.9. The molecule has 206 valence electrons. The summed E-state index contributed by atoms with van der Waals surface area (Å²) in [5.41, 5.74) is 9.20. The molecule has 40 heavy (non-hydrogen) atoms. The Morgan fingerprint density at radius 2 is 1.77 bits per heavy atom. The number of nitrogens with zero attached hydrogens (tertiary/aromatic N) is 1. The van der Waals surface area contributed by atoms with E-state index in [9.17, 15) is 14.4 Å². The zero-order chi connectivity index (χ0) is 28.4. The Morgan fingerprint density at radius 3 is 2.42 bits per heavy atom. The molecule has 7 nitrogen and oxygen atoms in total.